The van der Waals surface area contributed by atoms with Crippen LogP contribution >= 0.6 is 0 Å². The largest absolute Gasteiger partial charge is 0.449 e. The van der Waals surface area contributed by atoms with Crippen molar-refractivity contribution >= 4 is 27.9 Å². The number of rotatable bonds is 5. The number of ether oxygens (including phenoxy) is 1. The van der Waals surface area contributed by atoms with Gasteiger partial charge in [-0.05, 0) is 38.0 Å². The van der Waals surface area contributed by atoms with Gasteiger partial charge >= 0.3 is 12.0 Å². The molecule has 0 heterocycles. The Hall–Kier alpha value is -2.53. The summed E-state index contributed by atoms with van der Waals surface area (Å²) in [4.78, 5) is 34.7. The first-order valence-corrected chi connectivity index (χ1v) is 8.77. The number of benzene rings is 1. The van der Waals surface area contributed by atoms with Crippen LogP contribution in [-0.2, 0) is 19.6 Å². The quantitative estimate of drug-likeness (QED) is 0.620. The van der Waals surface area contributed by atoms with Gasteiger partial charge < -0.3 is 10.1 Å². The third-order valence-corrected chi connectivity index (χ3v) is 4.20. The molecule has 0 spiro atoms. The lowest BCUT2D eigenvalue weighted by molar-refractivity contribution is -0.127. The van der Waals surface area contributed by atoms with Gasteiger partial charge in [-0.1, -0.05) is 0 Å². The van der Waals surface area contributed by atoms with Crippen molar-refractivity contribution in [3.8, 4) is 0 Å². The molecule has 0 saturated heterocycles. The number of esters is 1. The van der Waals surface area contributed by atoms with E-state index in [9.17, 15) is 27.2 Å². The number of amides is 3. The molecule has 2 rings (SSSR count). The van der Waals surface area contributed by atoms with Crippen molar-refractivity contribution in [3.63, 3.8) is 0 Å². The molecule has 9 nitrogen and oxygen atoms in total. The van der Waals surface area contributed by atoms with Crippen LogP contribution in [0.15, 0.2) is 23.1 Å². The maximum absolute atomic E-state index is 13.7. The molecule has 136 valence electrons. The second-order valence-electron chi connectivity index (χ2n) is 5.47. The predicted molar refractivity (Wildman–Crippen MR) is 82.3 cm³/mol. The Kier molecular flexibility index (Phi) is 5.38. The second-order valence-corrected chi connectivity index (χ2v) is 7.03. The number of imide groups is 1. The number of nitrogens with two attached hydrogens (primary N) is 1. The van der Waals surface area contributed by atoms with Crippen LogP contribution in [0.3, 0.4) is 0 Å². The number of halogens is 1. The molecule has 1 saturated carbocycles. The van der Waals surface area contributed by atoms with Crippen molar-refractivity contribution in [2.75, 3.05) is 0 Å². The van der Waals surface area contributed by atoms with Crippen LogP contribution in [0.25, 0.3) is 0 Å². The van der Waals surface area contributed by atoms with Crippen LogP contribution in [0.2, 0.25) is 0 Å². The number of carbonyl (C=O) groups is 3. The maximum atomic E-state index is 13.7. The summed E-state index contributed by atoms with van der Waals surface area (Å²) in [5.74, 6) is -3.22. The predicted octanol–water partition coefficient (Wildman–Crippen LogP) is 0.00660. The molecule has 1 aliphatic rings. The molecule has 0 radical (unpaired) electrons. The van der Waals surface area contributed by atoms with Gasteiger partial charge in [0.05, 0.1) is 10.5 Å². The second kappa shape index (κ2) is 7.15. The van der Waals surface area contributed by atoms with Crippen LogP contribution in [0.5, 0.6) is 0 Å². The zero-order chi connectivity index (χ0) is 18.8. The van der Waals surface area contributed by atoms with E-state index < -0.39 is 50.3 Å². The zero-order valence-corrected chi connectivity index (χ0v) is 13.9. The summed E-state index contributed by atoms with van der Waals surface area (Å²) >= 11 is 0. The highest BCUT2D eigenvalue weighted by Gasteiger charge is 2.27. The topological polar surface area (TPSA) is 145 Å². The Morgan fingerprint density at radius 3 is 2.52 bits per heavy atom. The highest BCUT2D eigenvalue weighted by molar-refractivity contribution is 7.89. The van der Waals surface area contributed by atoms with Crippen LogP contribution in [0, 0.1) is 5.82 Å². The van der Waals surface area contributed by atoms with Gasteiger partial charge in [0.15, 0.2) is 6.10 Å². The summed E-state index contributed by atoms with van der Waals surface area (Å²) < 4.78 is 41.0. The number of sulfonamides is 1. The maximum Gasteiger partial charge on any atom is 0.341 e. The van der Waals surface area contributed by atoms with Crippen molar-refractivity contribution in [1.29, 1.82) is 0 Å². The lowest BCUT2D eigenvalue weighted by Gasteiger charge is -2.14. The van der Waals surface area contributed by atoms with Crippen LogP contribution in [-0.4, -0.2) is 38.5 Å². The molecule has 4 N–H and O–H groups in total. The van der Waals surface area contributed by atoms with Gasteiger partial charge in [-0.15, -0.1) is 0 Å². The number of nitrogens with one attached hydrogen (secondary N) is 2. The summed E-state index contributed by atoms with van der Waals surface area (Å²) in [5, 5.41) is 9.40. The zero-order valence-electron chi connectivity index (χ0n) is 13.1. The summed E-state index contributed by atoms with van der Waals surface area (Å²) in [5.41, 5.74) is -0.700. The minimum absolute atomic E-state index is 0.0284. The fourth-order valence-electron chi connectivity index (χ4n) is 1.78. The van der Waals surface area contributed by atoms with E-state index in [2.05, 4.69) is 5.32 Å². The first kappa shape index (κ1) is 18.8. The number of carbonyl (C=O) groups excluding carboxylic acids is 3. The fraction of sp³-hybridized carbons (Fsp3) is 0.357. The summed E-state index contributed by atoms with van der Waals surface area (Å²) in [6.07, 6.45) is 0.243. The van der Waals surface area contributed by atoms with Gasteiger partial charge in [-0.3, -0.25) is 10.1 Å². The molecule has 1 aliphatic carbocycles. The average Bonchev–Trinajstić information content (AvgIpc) is 3.29. The molecule has 0 aromatic heterocycles. The Labute approximate surface area is 142 Å². The fourth-order valence-corrected chi connectivity index (χ4v) is 2.32. The molecule has 0 bridgehead atoms. The van der Waals surface area contributed by atoms with Gasteiger partial charge in [0.2, 0.25) is 10.0 Å². The molecular weight excluding hydrogens is 357 g/mol. The normalized spacial score (nSPS) is 15.2. The van der Waals surface area contributed by atoms with Crippen LogP contribution in [0.1, 0.15) is 30.1 Å². The minimum Gasteiger partial charge on any atom is -0.449 e. The number of hydrogen-bond acceptors (Lipinski definition) is 6. The lowest BCUT2D eigenvalue weighted by Crippen LogP contribution is -2.45. The summed E-state index contributed by atoms with van der Waals surface area (Å²) in [6.45, 7) is 1.18. The van der Waals surface area contributed by atoms with Gasteiger partial charge in [-0.2, -0.15) is 0 Å². The van der Waals surface area contributed by atoms with Crippen LogP contribution < -0.4 is 15.8 Å². The molecule has 1 atom stereocenters. The van der Waals surface area contributed by atoms with E-state index in [1.54, 1.807) is 0 Å². The van der Waals surface area contributed by atoms with E-state index in [0.717, 1.165) is 25.0 Å². The highest BCUT2D eigenvalue weighted by Crippen LogP contribution is 2.18. The standard InChI is InChI=1S/C14H16FN3O6S/c1-7(12(19)18-14(21)17-8-2-3-8)24-13(20)10-6-9(25(16,22)23)4-5-11(10)15/h4-8H,2-3H2,1H3,(H2,16,22,23)(H2,17,18,19,21). The Bertz CT molecular complexity index is 822. The number of urea groups is 1. The highest BCUT2D eigenvalue weighted by atomic mass is 32.2. The number of hydrogen-bond donors (Lipinski definition) is 3. The molecule has 25 heavy (non-hydrogen) atoms. The monoisotopic (exact) mass is 373 g/mol. The molecule has 1 aromatic rings. The van der Waals surface area contributed by atoms with Crippen molar-refractivity contribution in [2.24, 2.45) is 5.14 Å². The van der Waals surface area contributed by atoms with Gasteiger partial charge in [0, 0.05) is 6.04 Å². The first-order valence-electron chi connectivity index (χ1n) is 7.22. The van der Waals surface area contributed by atoms with Crippen molar-refractivity contribution < 1.29 is 31.9 Å². The third-order valence-electron chi connectivity index (χ3n) is 3.29. The number of primary sulfonamides is 1. The SMILES string of the molecule is CC(OC(=O)c1cc(S(N)(=O)=O)ccc1F)C(=O)NC(=O)NC1CC1. The van der Waals surface area contributed by atoms with Crippen LogP contribution in [0.4, 0.5) is 9.18 Å². The molecule has 1 unspecified atom stereocenters. The average molecular weight is 373 g/mol. The molecule has 11 heteroatoms. The molecule has 0 aliphatic heterocycles. The summed E-state index contributed by atoms with van der Waals surface area (Å²) in [7, 11) is -4.15. The van der Waals surface area contributed by atoms with Crippen molar-refractivity contribution in [1.82, 2.24) is 10.6 Å². The van der Waals surface area contributed by atoms with E-state index in [1.807, 2.05) is 5.32 Å². The first-order chi connectivity index (χ1) is 11.6. The molecule has 1 aromatic carbocycles. The van der Waals surface area contributed by atoms with E-state index in [1.165, 1.54) is 6.92 Å². The van der Waals surface area contributed by atoms with E-state index in [-0.39, 0.29) is 6.04 Å². The Morgan fingerprint density at radius 2 is 1.96 bits per heavy atom. The Balaban J connectivity index is 2.02. The smallest absolute Gasteiger partial charge is 0.341 e. The molecular formula is C14H16FN3O6S. The van der Waals surface area contributed by atoms with Gasteiger partial charge in [-0.25, -0.2) is 27.5 Å². The van der Waals surface area contributed by atoms with Crippen molar-refractivity contribution in [3.05, 3.63) is 29.6 Å². The minimum atomic E-state index is -4.15. The lowest BCUT2D eigenvalue weighted by atomic mass is 10.2. The van der Waals surface area contributed by atoms with E-state index in [0.29, 0.717) is 6.07 Å². The third kappa shape index (κ3) is 5.22. The van der Waals surface area contributed by atoms with Crippen molar-refractivity contribution in [2.45, 2.75) is 36.8 Å². The van der Waals surface area contributed by atoms with E-state index >= 15 is 0 Å². The molecule has 1 fully saturated rings. The molecule has 3 amide bonds. The van der Waals surface area contributed by atoms with Gasteiger partial charge in [0.1, 0.15) is 5.82 Å². The summed E-state index contributed by atoms with van der Waals surface area (Å²) in [6, 6.07) is 1.64. The van der Waals surface area contributed by atoms with E-state index in [4.69, 9.17) is 9.88 Å². The Morgan fingerprint density at radius 1 is 1.32 bits per heavy atom. The van der Waals surface area contributed by atoms with Gasteiger partial charge in [0.25, 0.3) is 5.91 Å².